The van der Waals surface area contributed by atoms with Gasteiger partial charge in [-0.3, -0.25) is 14.7 Å². The van der Waals surface area contributed by atoms with E-state index in [1.165, 1.54) is 11.0 Å². The van der Waals surface area contributed by atoms with Crippen molar-refractivity contribution in [2.45, 2.75) is 12.5 Å². The number of benzene rings is 2. The number of ether oxygens (including phenoxy) is 2. The van der Waals surface area contributed by atoms with Gasteiger partial charge in [-0.05, 0) is 29.8 Å². The highest BCUT2D eigenvalue weighted by molar-refractivity contribution is 7.09. The Morgan fingerprint density at radius 3 is 2.60 bits per heavy atom. The van der Waals surface area contributed by atoms with E-state index in [0.29, 0.717) is 17.0 Å². The number of hydrogen-bond donors (Lipinski definition) is 2. The molecule has 1 aliphatic heterocycles. The minimum Gasteiger partial charge on any atom is -0.494 e. The summed E-state index contributed by atoms with van der Waals surface area (Å²) in [4.78, 5) is 27.0. The maximum Gasteiger partial charge on any atom is 0.414 e. The predicted molar refractivity (Wildman–Crippen MR) is 105 cm³/mol. The highest BCUT2D eigenvalue weighted by Gasteiger charge is 2.33. The van der Waals surface area contributed by atoms with E-state index < -0.39 is 23.8 Å². The number of cyclic esters (lactones) is 1. The molecule has 3 aromatic rings. The lowest BCUT2D eigenvalue weighted by molar-refractivity contribution is 0.105. The lowest BCUT2D eigenvalue weighted by atomic mass is 10.1. The van der Waals surface area contributed by atoms with Gasteiger partial charge in [0.05, 0.1) is 17.1 Å². The monoisotopic (exact) mass is 434 g/mol. The van der Waals surface area contributed by atoms with Crippen molar-refractivity contribution in [3.8, 4) is 11.6 Å². The standard InChI is InChI=1S/C20H16F2N2O5S/c21-15-6-3-12(8-16(15)22)24-9-14(29-20(24)27)10-28-13-4-1-11(2-5-13)7-17-18(25)23-19(26)30-17/h1-6,8,14,25H,7,9-10H2,(H,23,26). The smallest absolute Gasteiger partial charge is 0.414 e. The maximum absolute atomic E-state index is 13.4. The van der Waals surface area contributed by atoms with Crippen molar-refractivity contribution in [1.29, 1.82) is 0 Å². The van der Waals surface area contributed by atoms with E-state index in [-0.39, 0.29) is 29.6 Å². The molecule has 1 saturated heterocycles. The van der Waals surface area contributed by atoms with Crippen molar-refractivity contribution in [2.24, 2.45) is 0 Å². The Morgan fingerprint density at radius 1 is 1.17 bits per heavy atom. The molecule has 1 atom stereocenters. The molecule has 0 aliphatic carbocycles. The quantitative estimate of drug-likeness (QED) is 0.620. The number of amides is 1. The zero-order chi connectivity index (χ0) is 21.3. The van der Waals surface area contributed by atoms with Crippen LogP contribution in [0.5, 0.6) is 11.6 Å². The summed E-state index contributed by atoms with van der Waals surface area (Å²) in [5, 5.41) is 9.65. The molecule has 1 amide bonds. The Bertz CT molecular complexity index is 1130. The number of aromatic nitrogens is 1. The van der Waals surface area contributed by atoms with Crippen LogP contribution >= 0.6 is 11.3 Å². The normalized spacial score (nSPS) is 16.0. The average molecular weight is 434 g/mol. The van der Waals surface area contributed by atoms with E-state index in [9.17, 15) is 23.5 Å². The van der Waals surface area contributed by atoms with Crippen LogP contribution in [0.15, 0.2) is 47.3 Å². The first-order valence-corrected chi connectivity index (χ1v) is 9.76. The van der Waals surface area contributed by atoms with Crippen LogP contribution in [0.4, 0.5) is 19.3 Å². The van der Waals surface area contributed by atoms with Crippen molar-refractivity contribution >= 4 is 23.1 Å². The molecule has 1 unspecified atom stereocenters. The van der Waals surface area contributed by atoms with Gasteiger partial charge in [-0.25, -0.2) is 13.6 Å². The fraction of sp³-hybridized carbons (Fsp3) is 0.200. The van der Waals surface area contributed by atoms with Crippen molar-refractivity contribution in [2.75, 3.05) is 18.1 Å². The summed E-state index contributed by atoms with van der Waals surface area (Å²) in [5.41, 5.74) is 1.09. The van der Waals surface area contributed by atoms with E-state index in [4.69, 9.17) is 9.47 Å². The zero-order valence-electron chi connectivity index (χ0n) is 15.4. The zero-order valence-corrected chi connectivity index (χ0v) is 16.2. The molecule has 2 N–H and O–H groups in total. The lowest BCUT2D eigenvalue weighted by Gasteiger charge is -2.13. The van der Waals surface area contributed by atoms with Gasteiger partial charge in [-0.2, -0.15) is 0 Å². The number of H-pyrrole nitrogens is 1. The minimum absolute atomic E-state index is 0.0888. The summed E-state index contributed by atoms with van der Waals surface area (Å²) in [6.45, 7) is 0.235. The summed E-state index contributed by atoms with van der Waals surface area (Å²) in [6.07, 6.45) is -0.825. The number of hydrogen-bond acceptors (Lipinski definition) is 6. The SMILES string of the molecule is O=C1OC(COc2ccc(Cc3sc(=O)[nH]c3O)cc2)CN1c1ccc(F)c(F)c1. The second kappa shape index (κ2) is 8.15. The van der Waals surface area contributed by atoms with E-state index in [1.807, 2.05) is 0 Å². The molecule has 7 nitrogen and oxygen atoms in total. The van der Waals surface area contributed by atoms with Crippen molar-refractivity contribution in [3.05, 3.63) is 74.2 Å². The van der Waals surface area contributed by atoms with Gasteiger partial charge >= 0.3 is 11.0 Å². The Hall–Kier alpha value is -3.40. The molecule has 0 spiro atoms. The highest BCUT2D eigenvalue weighted by Crippen LogP contribution is 2.25. The molecule has 1 fully saturated rings. The van der Waals surface area contributed by atoms with Gasteiger partial charge in [0.15, 0.2) is 17.7 Å². The minimum atomic E-state index is -1.04. The van der Waals surface area contributed by atoms with Crippen molar-refractivity contribution in [3.63, 3.8) is 0 Å². The first kappa shape index (κ1) is 19.9. The van der Waals surface area contributed by atoms with Crippen LogP contribution in [0, 0.1) is 11.6 Å². The second-order valence-electron chi connectivity index (χ2n) is 6.63. The van der Waals surface area contributed by atoms with Crippen LogP contribution in [0.1, 0.15) is 10.4 Å². The molecular weight excluding hydrogens is 418 g/mol. The number of anilines is 1. The average Bonchev–Trinajstić information content (AvgIpc) is 3.24. The molecule has 2 aromatic carbocycles. The molecule has 0 radical (unpaired) electrons. The second-order valence-corrected chi connectivity index (χ2v) is 7.70. The summed E-state index contributed by atoms with van der Waals surface area (Å²) >= 11 is 0.951. The number of nitrogens with one attached hydrogen (secondary N) is 1. The van der Waals surface area contributed by atoms with Crippen LogP contribution in [0.3, 0.4) is 0 Å². The molecule has 10 heteroatoms. The van der Waals surface area contributed by atoms with Gasteiger partial charge in [0.25, 0.3) is 0 Å². The number of halogens is 2. The van der Waals surface area contributed by atoms with Crippen LogP contribution in [0.25, 0.3) is 0 Å². The summed E-state index contributed by atoms with van der Waals surface area (Å²) < 4.78 is 37.4. The molecular formula is C20H16F2N2O5S. The lowest BCUT2D eigenvalue weighted by Crippen LogP contribution is -2.26. The third-order valence-corrected chi connectivity index (χ3v) is 5.38. The number of carbonyl (C=O) groups is 1. The summed E-state index contributed by atoms with van der Waals surface area (Å²) in [7, 11) is 0. The molecule has 4 rings (SSSR count). The van der Waals surface area contributed by atoms with Gasteiger partial charge in [-0.1, -0.05) is 23.5 Å². The van der Waals surface area contributed by atoms with E-state index in [0.717, 1.165) is 29.0 Å². The van der Waals surface area contributed by atoms with Gasteiger partial charge in [0, 0.05) is 12.5 Å². The number of rotatable bonds is 6. The van der Waals surface area contributed by atoms with Gasteiger partial charge < -0.3 is 14.6 Å². The van der Waals surface area contributed by atoms with E-state index in [1.54, 1.807) is 24.3 Å². The van der Waals surface area contributed by atoms with Crippen molar-refractivity contribution < 1.29 is 28.2 Å². The van der Waals surface area contributed by atoms with Crippen molar-refractivity contribution in [1.82, 2.24) is 4.98 Å². The fourth-order valence-electron chi connectivity index (χ4n) is 3.02. The summed E-state index contributed by atoms with van der Waals surface area (Å²) in [5.74, 6) is -1.61. The van der Waals surface area contributed by atoms with Gasteiger partial charge in [-0.15, -0.1) is 0 Å². The molecule has 1 aliphatic rings. The van der Waals surface area contributed by atoms with Crippen LogP contribution in [-0.2, 0) is 11.2 Å². The van der Waals surface area contributed by atoms with Gasteiger partial charge in [0.2, 0.25) is 5.88 Å². The molecule has 0 bridgehead atoms. The Morgan fingerprint density at radius 2 is 1.93 bits per heavy atom. The first-order chi connectivity index (χ1) is 14.4. The molecule has 156 valence electrons. The van der Waals surface area contributed by atoms with E-state index >= 15 is 0 Å². The topological polar surface area (TPSA) is 91.9 Å². The number of aromatic amines is 1. The largest absolute Gasteiger partial charge is 0.494 e. The first-order valence-electron chi connectivity index (χ1n) is 8.95. The Balaban J connectivity index is 1.33. The molecule has 0 saturated carbocycles. The molecule has 30 heavy (non-hydrogen) atoms. The number of carbonyl (C=O) groups excluding carboxylic acids is 1. The number of aromatic hydroxyl groups is 1. The summed E-state index contributed by atoms with van der Waals surface area (Å²) in [6, 6.07) is 10.3. The Kier molecular flexibility index (Phi) is 5.40. The van der Waals surface area contributed by atoms with E-state index in [2.05, 4.69) is 4.98 Å². The number of thiazole rings is 1. The van der Waals surface area contributed by atoms with Crippen LogP contribution in [-0.4, -0.2) is 35.4 Å². The van der Waals surface area contributed by atoms with Crippen LogP contribution < -0.4 is 14.5 Å². The fourth-order valence-corrected chi connectivity index (χ4v) is 3.78. The molecule has 2 heterocycles. The van der Waals surface area contributed by atoms with Gasteiger partial charge in [0.1, 0.15) is 12.4 Å². The Labute approximate surface area is 173 Å². The third kappa shape index (κ3) is 4.28. The van der Waals surface area contributed by atoms with Crippen LogP contribution in [0.2, 0.25) is 0 Å². The number of nitrogens with zero attached hydrogens (tertiary/aromatic N) is 1. The highest BCUT2D eigenvalue weighted by atomic mass is 32.1. The maximum atomic E-state index is 13.4. The third-order valence-electron chi connectivity index (χ3n) is 4.51. The predicted octanol–water partition coefficient (Wildman–Crippen LogP) is 3.42. The molecule has 1 aromatic heterocycles.